The fraction of sp³-hybridized carbons (Fsp3) is 0. The molecule has 0 unspecified atom stereocenters. The van der Waals surface area contributed by atoms with E-state index in [1.165, 1.54) is 24.3 Å². The number of carboxylic acids is 1. The van der Waals surface area contributed by atoms with Crippen LogP contribution in [0.4, 0.5) is 4.39 Å². The number of aromatic nitrogens is 4. The Kier molecular flexibility index (Phi) is 3.80. The van der Waals surface area contributed by atoms with Crippen molar-refractivity contribution in [2.45, 2.75) is 0 Å². The van der Waals surface area contributed by atoms with Crippen LogP contribution in [0.15, 0.2) is 66.7 Å². The molecular formula is C22H13FN4O2. The van der Waals surface area contributed by atoms with Crippen molar-refractivity contribution in [3.05, 3.63) is 78.1 Å². The molecule has 0 aliphatic carbocycles. The van der Waals surface area contributed by atoms with E-state index in [4.69, 9.17) is 9.97 Å². The van der Waals surface area contributed by atoms with Gasteiger partial charge in [-0.05, 0) is 54.6 Å². The molecule has 0 amide bonds. The Balaban J connectivity index is 1.76. The van der Waals surface area contributed by atoms with Gasteiger partial charge in [0.05, 0.1) is 27.6 Å². The first kappa shape index (κ1) is 17.0. The first-order valence-electron chi connectivity index (χ1n) is 8.85. The Bertz CT molecular complexity index is 1390. The highest BCUT2D eigenvalue weighted by atomic mass is 19.1. The van der Waals surface area contributed by atoms with E-state index in [-0.39, 0.29) is 11.4 Å². The number of hydrogen-bond acceptors (Lipinski definition) is 4. The molecule has 2 aromatic heterocycles. The van der Waals surface area contributed by atoms with Crippen LogP contribution in [0.3, 0.4) is 0 Å². The summed E-state index contributed by atoms with van der Waals surface area (Å²) in [5, 5.41) is 9.21. The standard InChI is InChI=1S/C22H13FN4O2/c23-14-8-5-12(6-9-14)19-20(25-16-4-2-1-3-15(16)24-19)21-26-17-10-7-13(22(28)29)11-18(17)27-21/h1-11H,(H,26,27)(H,28,29). The third-order valence-corrected chi connectivity index (χ3v) is 4.64. The predicted molar refractivity (Wildman–Crippen MR) is 107 cm³/mol. The van der Waals surface area contributed by atoms with Crippen molar-refractivity contribution in [3.63, 3.8) is 0 Å². The van der Waals surface area contributed by atoms with Crippen LogP contribution in [-0.4, -0.2) is 31.0 Å². The second kappa shape index (κ2) is 6.49. The second-order valence-electron chi connectivity index (χ2n) is 6.54. The molecule has 0 saturated heterocycles. The minimum absolute atomic E-state index is 0.163. The molecule has 0 aliphatic rings. The van der Waals surface area contributed by atoms with E-state index in [9.17, 15) is 14.3 Å². The minimum Gasteiger partial charge on any atom is -0.478 e. The number of nitrogens with zero attached hydrogens (tertiary/aromatic N) is 3. The van der Waals surface area contributed by atoms with E-state index in [0.717, 1.165) is 0 Å². The first-order valence-corrected chi connectivity index (χ1v) is 8.85. The smallest absolute Gasteiger partial charge is 0.335 e. The maximum Gasteiger partial charge on any atom is 0.335 e. The van der Waals surface area contributed by atoms with Crippen LogP contribution in [0.1, 0.15) is 10.4 Å². The summed E-state index contributed by atoms with van der Waals surface area (Å²) in [6, 6.07) is 18.2. The number of fused-ring (bicyclic) bond motifs is 2. The SMILES string of the molecule is O=C(O)c1ccc2nc(-c3nc4ccccc4nc3-c3ccc(F)cc3)[nH]c2c1. The summed E-state index contributed by atoms with van der Waals surface area (Å²) in [4.78, 5) is 28.4. The molecule has 0 radical (unpaired) electrons. The second-order valence-corrected chi connectivity index (χ2v) is 6.54. The maximum atomic E-state index is 13.4. The van der Waals surface area contributed by atoms with Crippen molar-refractivity contribution >= 4 is 28.0 Å². The first-order chi connectivity index (χ1) is 14.1. The maximum absolute atomic E-state index is 13.4. The van der Waals surface area contributed by atoms with E-state index in [0.29, 0.717) is 44.8 Å². The van der Waals surface area contributed by atoms with Crippen LogP contribution in [0, 0.1) is 5.82 Å². The van der Waals surface area contributed by atoms with Gasteiger partial charge in [0.1, 0.15) is 17.2 Å². The van der Waals surface area contributed by atoms with Crippen molar-refractivity contribution in [2.75, 3.05) is 0 Å². The van der Waals surface area contributed by atoms with Crippen LogP contribution in [0.2, 0.25) is 0 Å². The lowest BCUT2D eigenvalue weighted by Gasteiger charge is -2.08. The van der Waals surface area contributed by atoms with E-state index in [1.54, 1.807) is 18.2 Å². The number of halogens is 1. The average Bonchev–Trinajstić information content (AvgIpc) is 3.16. The Morgan fingerprint density at radius 3 is 2.21 bits per heavy atom. The van der Waals surface area contributed by atoms with Crippen molar-refractivity contribution in [1.82, 2.24) is 19.9 Å². The Labute approximate surface area is 163 Å². The van der Waals surface area contributed by atoms with Gasteiger partial charge in [0.2, 0.25) is 0 Å². The van der Waals surface area contributed by atoms with Gasteiger partial charge in [-0.15, -0.1) is 0 Å². The molecule has 3 aromatic carbocycles. The topological polar surface area (TPSA) is 91.8 Å². The number of carboxylic acid groups (broad SMARTS) is 1. The number of aromatic carboxylic acids is 1. The van der Waals surface area contributed by atoms with Gasteiger partial charge >= 0.3 is 5.97 Å². The molecule has 140 valence electrons. The number of benzene rings is 3. The molecule has 6 nitrogen and oxygen atoms in total. The van der Waals surface area contributed by atoms with Gasteiger partial charge in [-0.25, -0.2) is 24.1 Å². The number of hydrogen-bond donors (Lipinski definition) is 2. The number of H-pyrrole nitrogens is 1. The molecule has 7 heteroatoms. The van der Waals surface area contributed by atoms with Crippen molar-refractivity contribution < 1.29 is 14.3 Å². The number of carbonyl (C=O) groups is 1. The van der Waals surface area contributed by atoms with Gasteiger partial charge in [-0.2, -0.15) is 0 Å². The fourth-order valence-corrected chi connectivity index (χ4v) is 3.23. The van der Waals surface area contributed by atoms with Crippen LogP contribution in [0.25, 0.3) is 44.8 Å². The molecular weight excluding hydrogens is 371 g/mol. The highest BCUT2D eigenvalue weighted by Gasteiger charge is 2.17. The van der Waals surface area contributed by atoms with E-state index < -0.39 is 5.97 Å². The van der Waals surface area contributed by atoms with Crippen molar-refractivity contribution in [3.8, 4) is 22.8 Å². The lowest BCUT2D eigenvalue weighted by atomic mass is 10.1. The molecule has 0 aliphatic heterocycles. The molecule has 0 saturated carbocycles. The minimum atomic E-state index is -1.01. The molecule has 5 aromatic rings. The molecule has 2 heterocycles. The number of imidazole rings is 1. The molecule has 5 rings (SSSR count). The molecule has 0 atom stereocenters. The molecule has 29 heavy (non-hydrogen) atoms. The average molecular weight is 384 g/mol. The quantitative estimate of drug-likeness (QED) is 0.471. The summed E-state index contributed by atoms with van der Waals surface area (Å²) in [6.45, 7) is 0. The third kappa shape index (κ3) is 2.98. The van der Waals surface area contributed by atoms with Crippen LogP contribution < -0.4 is 0 Å². The molecule has 0 bridgehead atoms. The van der Waals surface area contributed by atoms with E-state index >= 15 is 0 Å². The van der Waals surface area contributed by atoms with Gasteiger partial charge in [-0.1, -0.05) is 12.1 Å². The molecule has 2 N–H and O–H groups in total. The van der Waals surface area contributed by atoms with Crippen molar-refractivity contribution in [2.24, 2.45) is 0 Å². The number of nitrogens with one attached hydrogen (secondary N) is 1. The van der Waals surface area contributed by atoms with Crippen LogP contribution >= 0.6 is 0 Å². The van der Waals surface area contributed by atoms with E-state index in [1.807, 2.05) is 24.3 Å². The summed E-state index contributed by atoms with van der Waals surface area (Å²) in [5.74, 6) is -0.894. The summed E-state index contributed by atoms with van der Waals surface area (Å²) >= 11 is 0. The third-order valence-electron chi connectivity index (χ3n) is 4.64. The van der Waals surface area contributed by atoms with Gasteiger partial charge in [-0.3, -0.25) is 0 Å². The van der Waals surface area contributed by atoms with Gasteiger partial charge in [0.25, 0.3) is 0 Å². The molecule has 0 spiro atoms. The Morgan fingerprint density at radius 1 is 0.828 bits per heavy atom. The van der Waals surface area contributed by atoms with Crippen molar-refractivity contribution in [1.29, 1.82) is 0 Å². The largest absolute Gasteiger partial charge is 0.478 e. The molecule has 0 fully saturated rings. The zero-order valence-electron chi connectivity index (χ0n) is 14.9. The highest BCUT2D eigenvalue weighted by molar-refractivity contribution is 5.93. The summed E-state index contributed by atoms with van der Waals surface area (Å²) in [5.41, 5.74) is 4.52. The zero-order chi connectivity index (χ0) is 20.0. The summed E-state index contributed by atoms with van der Waals surface area (Å²) < 4.78 is 13.4. The van der Waals surface area contributed by atoms with Gasteiger partial charge in [0.15, 0.2) is 5.82 Å². The van der Waals surface area contributed by atoms with Crippen LogP contribution in [0.5, 0.6) is 0 Å². The number of para-hydroxylation sites is 2. The Morgan fingerprint density at radius 2 is 1.52 bits per heavy atom. The predicted octanol–water partition coefficient (Wildman–Crippen LogP) is 4.68. The summed E-state index contributed by atoms with van der Waals surface area (Å²) in [6.07, 6.45) is 0. The lowest BCUT2D eigenvalue weighted by Crippen LogP contribution is -1.96. The number of aromatic amines is 1. The zero-order valence-corrected chi connectivity index (χ0v) is 14.9. The monoisotopic (exact) mass is 384 g/mol. The van der Waals surface area contributed by atoms with Crippen LogP contribution in [-0.2, 0) is 0 Å². The van der Waals surface area contributed by atoms with Gasteiger partial charge in [0, 0.05) is 5.56 Å². The highest BCUT2D eigenvalue weighted by Crippen LogP contribution is 2.31. The lowest BCUT2D eigenvalue weighted by molar-refractivity contribution is 0.0697. The van der Waals surface area contributed by atoms with Gasteiger partial charge < -0.3 is 10.1 Å². The summed E-state index contributed by atoms with van der Waals surface area (Å²) in [7, 11) is 0. The Hall–Kier alpha value is -4.13. The van der Waals surface area contributed by atoms with E-state index in [2.05, 4.69) is 9.97 Å². The fourth-order valence-electron chi connectivity index (χ4n) is 3.23. The normalized spacial score (nSPS) is 11.2. The number of rotatable bonds is 3.